The molecular weight excluding hydrogens is 266 g/mol. The second kappa shape index (κ2) is 8.02. The van der Waals surface area contributed by atoms with Crippen LogP contribution in [0.15, 0.2) is 18.2 Å². The Morgan fingerprint density at radius 1 is 1.37 bits per heavy atom. The van der Waals surface area contributed by atoms with E-state index >= 15 is 0 Å². The average Bonchev–Trinajstić information content (AvgIpc) is 2.30. The molecular formula is C14H22ClNO3. The highest BCUT2D eigenvalue weighted by molar-refractivity contribution is 5.85. The zero-order valence-corrected chi connectivity index (χ0v) is 12.6. The second-order valence-electron chi connectivity index (χ2n) is 4.59. The molecule has 1 aromatic carbocycles. The van der Waals surface area contributed by atoms with Gasteiger partial charge in [0.15, 0.2) is 0 Å². The van der Waals surface area contributed by atoms with Gasteiger partial charge in [0.2, 0.25) is 0 Å². The summed E-state index contributed by atoms with van der Waals surface area (Å²) in [5.41, 5.74) is 7.84. The normalized spacial score (nSPS) is 11.7. The minimum atomic E-state index is -0.620. The van der Waals surface area contributed by atoms with Crippen molar-refractivity contribution in [1.82, 2.24) is 0 Å². The molecule has 1 unspecified atom stereocenters. The topological polar surface area (TPSA) is 61.5 Å². The number of rotatable bonds is 5. The molecule has 0 bridgehead atoms. The average molecular weight is 288 g/mol. The van der Waals surface area contributed by atoms with Crippen LogP contribution in [-0.4, -0.2) is 25.2 Å². The van der Waals surface area contributed by atoms with Gasteiger partial charge in [0.05, 0.1) is 13.2 Å². The van der Waals surface area contributed by atoms with E-state index in [9.17, 15) is 4.79 Å². The second-order valence-corrected chi connectivity index (χ2v) is 4.59. The molecule has 1 rings (SSSR count). The molecule has 2 N–H and O–H groups in total. The Labute approximate surface area is 120 Å². The molecule has 0 aliphatic heterocycles. The number of esters is 1. The summed E-state index contributed by atoms with van der Waals surface area (Å²) in [5, 5.41) is 0. The number of methoxy groups -OCH3 is 1. The smallest absolute Gasteiger partial charge is 0.322 e. The van der Waals surface area contributed by atoms with E-state index in [0.29, 0.717) is 6.42 Å². The monoisotopic (exact) mass is 287 g/mol. The third kappa shape index (κ3) is 5.49. The molecule has 0 aromatic heterocycles. The maximum Gasteiger partial charge on any atom is 0.322 e. The van der Waals surface area contributed by atoms with E-state index in [1.54, 1.807) is 0 Å². The Bertz CT molecular complexity index is 421. The fourth-order valence-corrected chi connectivity index (χ4v) is 1.71. The van der Waals surface area contributed by atoms with Crippen LogP contribution in [0.25, 0.3) is 0 Å². The van der Waals surface area contributed by atoms with Crippen molar-refractivity contribution in [3.8, 4) is 5.75 Å². The van der Waals surface area contributed by atoms with Gasteiger partial charge in [-0.25, -0.2) is 0 Å². The highest BCUT2D eigenvalue weighted by atomic mass is 35.5. The molecule has 0 fully saturated rings. The van der Waals surface area contributed by atoms with Crippen LogP contribution in [0.1, 0.15) is 25.0 Å². The van der Waals surface area contributed by atoms with Gasteiger partial charge in [-0.3, -0.25) is 4.79 Å². The number of ether oxygens (including phenoxy) is 2. The lowest BCUT2D eigenvalue weighted by Gasteiger charge is -2.14. The lowest BCUT2D eigenvalue weighted by Crippen LogP contribution is -2.33. The summed E-state index contributed by atoms with van der Waals surface area (Å²) in [4.78, 5) is 11.3. The SMILES string of the molecule is COC(=O)C(N)Cc1ccc(OC(C)C)cc1C.Cl. The quantitative estimate of drug-likeness (QED) is 0.844. The first-order valence-corrected chi connectivity index (χ1v) is 6.03. The molecule has 0 aliphatic carbocycles. The Kier molecular flexibility index (Phi) is 7.49. The van der Waals surface area contributed by atoms with E-state index in [0.717, 1.165) is 16.9 Å². The fraction of sp³-hybridized carbons (Fsp3) is 0.500. The van der Waals surface area contributed by atoms with E-state index in [-0.39, 0.29) is 18.5 Å². The van der Waals surface area contributed by atoms with Crippen molar-refractivity contribution >= 4 is 18.4 Å². The lowest BCUT2D eigenvalue weighted by atomic mass is 10.0. The molecule has 0 amide bonds. The van der Waals surface area contributed by atoms with E-state index in [1.165, 1.54) is 7.11 Å². The van der Waals surface area contributed by atoms with Crippen LogP contribution in [-0.2, 0) is 16.0 Å². The van der Waals surface area contributed by atoms with Gasteiger partial charge in [-0.05, 0) is 50.5 Å². The summed E-state index contributed by atoms with van der Waals surface area (Å²) in [5.74, 6) is 0.440. The Balaban J connectivity index is 0.00000324. The van der Waals surface area contributed by atoms with Gasteiger partial charge in [0, 0.05) is 0 Å². The number of halogens is 1. The Hall–Kier alpha value is -1.26. The van der Waals surface area contributed by atoms with Crippen molar-refractivity contribution in [2.24, 2.45) is 5.73 Å². The van der Waals surface area contributed by atoms with Crippen molar-refractivity contribution < 1.29 is 14.3 Å². The highest BCUT2D eigenvalue weighted by Crippen LogP contribution is 2.19. The van der Waals surface area contributed by atoms with E-state index in [4.69, 9.17) is 10.5 Å². The number of aryl methyl sites for hydroxylation is 1. The Morgan fingerprint density at radius 2 is 2.00 bits per heavy atom. The molecule has 0 radical (unpaired) electrons. The maximum atomic E-state index is 11.3. The minimum absolute atomic E-state index is 0. The zero-order valence-electron chi connectivity index (χ0n) is 11.8. The number of hydrogen-bond donors (Lipinski definition) is 1. The molecule has 0 aliphatic rings. The number of benzene rings is 1. The first-order chi connectivity index (χ1) is 8.43. The number of nitrogens with two attached hydrogens (primary N) is 1. The van der Waals surface area contributed by atoms with Crippen molar-refractivity contribution in [3.05, 3.63) is 29.3 Å². The number of carbonyl (C=O) groups excluding carboxylic acids is 1. The number of hydrogen-bond acceptors (Lipinski definition) is 4. The Morgan fingerprint density at radius 3 is 2.47 bits per heavy atom. The summed E-state index contributed by atoms with van der Waals surface area (Å²) in [6.07, 6.45) is 0.619. The third-order valence-corrected chi connectivity index (χ3v) is 2.63. The number of carbonyl (C=O) groups is 1. The van der Waals surface area contributed by atoms with Gasteiger partial charge >= 0.3 is 5.97 Å². The van der Waals surface area contributed by atoms with Crippen molar-refractivity contribution in [1.29, 1.82) is 0 Å². The molecule has 0 heterocycles. The highest BCUT2D eigenvalue weighted by Gasteiger charge is 2.15. The lowest BCUT2D eigenvalue weighted by molar-refractivity contribution is -0.142. The largest absolute Gasteiger partial charge is 0.491 e. The van der Waals surface area contributed by atoms with E-state index < -0.39 is 12.0 Å². The predicted octanol–water partition coefficient (Wildman–Crippen LogP) is 2.25. The first-order valence-electron chi connectivity index (χ1n) is 6.03. The van der Waals surface area contributed by atoms with Gasteiger partial charge < -0.3 is 15.2 Å². The van der Waals surface area contributed by atoms with Crippen molar-refractivity contribution in [3.63, 3.8) is 0 Å². The minimum Gasteiger partial charge on any atom is -0.491 e. The predicted molar refractivity (Wildman–Crippen MR) is 77.9 cm³/mol. The molecule has 108 valence electrons. The molecule has 0 spiro atoms. The molecule has 19 heavy (non-hydrogen) atoms. The van der Waals surface area contributed by atoms with Crippen molar-refractivity contribution in [2.45, 2.75) is 39.3 Å². The van der Waals surface area contributed by atoms with Crippen molar-refractivity contribution in [2.75, 3.05) is 7.11 Å². The van der Waals surface area contributed by atoms with Crippen LogP contribution in [0.5, 0.6) is 5.75 Å². The first kappa shape index (κ1) is 17.7. The zero-order chi connectivity index (χ0) is 13.7. The summed E-state index contributed by atoms with van der Waals surface area (Å²) in [6.45, 7) is 5.94. The summed E-state index contributed by atoms with van der Waals surface area (Å²) >= 11 is 0. The van der Waals surface area contributed by atoms with Crippen LogP contribution in [0, 0.1) is 6.92 Å². The van der Waals surface area contributed by atoms with E-state index in [2.05, 4.69) is 4.74 Å². The summed E-state index contributed by atoms with van der Waals surface area (Å²) in [6, 6.07) is 5.17. The molecule has 0 saturated carbocycles. The fourth-order valence-electron chi connectivity index (χ4n) is 1.71. The molecule has 1 atom stereocenters. The van der Waals surface area contributed by atoms with Gasteiger partial charge in [-0.1, -0.05) is 6.07 Å². The van der Waals surface area contributed by atoms with Crippen LogP contribution < -0.4 is 10.5 Å². The molecule has 5 heteroatoms. The van der Waals surface area contributed by atoms with Crippen LogP contribution >= 0.6 is 12.4 Å². The molecule has 0 saturated heterocycles. The summed E-state index contributed by atoms with van der Waals surface area (Å²) < 4.78 is 10.2. The standard InChI is InChI=1S/C14H21NO3.ClH/c1-9(2)18-12-6-5-11(10(3)7-12)8-13(15)14(16)17-4;/h5-7,9,13H,8,15H2,1-4H3;1H. The summed E-state index contributed by atoms with van der Waals surface area (Å²) in [7, 11) is 1.34. The van der Waals surface area contributed by atoms with Gasteiger partial charge in [0.1, 0.15) is 11.8 Å². The van der Waals surface area contributed by atoms with Gasteiger partial charge in [0.25, 0.3) is 0 Å². The van der Waals surface area contributed by atoms with Gasteiger partial charge in [-0.2, -0.15) is 0 Å². The third-order valence-electron chi connectivity index (χ3n) is 2.63. The van der Waals surface area contributed by atoms with E-state index in [1.807, 2.05) is 39.0 Å². The molecule has 1 aromatic rings. The maximum absolute atomic E-state index is 11.3. The van der Waals surface area contributed by atoms with Crippen LogP contribution in [0.2, 0.25) is 0 Å². The van der Waals surface area contributed by atoms with Crippen LogP contribution in [0.4, 0.5) is 0 Å². The van der Waals surface area contributed by atoms with Crippen LogP contribution in [0.3, 0.4) is 0 Å². The van der Waals surface area contributed by atoms with Gasteiger partial charge in [-0.15, -0.1) is 12.4 Å². The molecule has 4 nitrogen and oxygen atoms in total.